The van der Waals surface area contributed by atoms with Gasteiger partial charge in [-0.3, -0.25) is 0 Å². The summed E-state index contributed by atoms with van der Waals surface area (Å²) in [5.41, 5.74) is 4.05. The van der Waals surface area contributed by atoms with Crippen molar-refractivity contribution in [2.75, 3.05) is 35.5 Å². The van der Waals surface area contributed by atoms with Crippen molar-refractivity contribution in [3.05, 3.63) is 76.9 Å². The van der Waals surface area contributed by atoms with Gasteiger partial charge in [0.15, 0.2) is 23.0 Å². The van der Waals surface area contributed by atoms with Crippen molar-refractivity contribution in [3.63, 3.8) is 0 Å². The summed E-state index contributed by atoms with van der Waals surface area (Å²) in [6.07, 6.45) is 8.13. The SMILES string of the molecule is COc1cc(C=Cc2ccc(OC)c(OC)c2)cc(C=Cc2ccc(OC)c(OC)c2)c1. The van der Waals surface area contributed by atoms with Gasteiger partial charge in [-0.05, 0) is 64.7 Å². The minimum absolute atomic E-state index is 0.693. The number of hydrogen-bond acceptors (Lipinski definition) is 5. The zero-order valence-corrected chi connectivity index (χ0v) is 19.0. The molecule has 0 aliphatic carbocycles. The molecule has 0 N–H and O–H groups in total. The van der Waals surface area contributed by atoms with E-state index in [9.17, 15) is 0 Å². The predicted octanol–water partition coefficient (Wildman–Crippen LogP) is 6.07. The first kappa shape index (κ1) is 22.8. The topological polar surface area (TPSA) is 46.2 Å². The van der Waals surface area contributed by atoms with Crippen LogP contribution in [0.25, 0.3) is 24.3 Å². The van der Waals surface area contributed by atoms with E-state index in [0.717, 1.165) is 28.0 Å². The van der Waals surface area contributed by atoms with Crippen LogP contribution in [0.5, 0.6) is 28.7 Å². The Morgan fingerprint density at radius 3 is 1.19 bits per heavy atom. The molecule has 3 aromatic carbocycles. The first-order valence-corrected chi connectivity index (χ1v) is 10.1. The Bertz CT molecular complexity index is 1030. The molecule has 5 nitrogen and oxygen atoms in total. The Morgan fingerprint density at radius 2 is 0.812 bits per heavy atom. The Balaban J connectivity index is 1.86. The summed E-state index contributed by atoms with van der Waals surface area (Å²) in [7, 11) is 8.18. The van der Waals surface area contributed by atoms with E-state index < -0.39 is 0 Å². The summed E-state index contributed by atoms with van der Waals surface area (Å²) in [5, 5.41) is 0. The number of methoxy groups -OCH3 is 5. The third-order valence-corrected chi connectivity index (χ3v) is 4.94. The molecule has 3 aromatic rings. The maximum Gasteiger partial charge on any atom is 0.161 e. The Morgan fingerprint density at radius 1 is 0.406 bits per heavy atom. The monoisotopic (exact) mass is 432 g/mol. The lowest BCUT2D eigenvalue weighted by Crippen LogP contribution is -1.90. The molecule has 3 rings (SSSR count). The second-order valence-electron chi connectivity index (χ2n) is 6.94. The van der Waals surface area contributed by atoms with Crippen molar-refractivity contribution in [1.29, 1.82) is 0 Å². The zero-order valence-electron chi connectivity index (χ0n) is 19.0. The van der Waals surface area contributed by atoms with Crippen LogP contribution in [-0.4, -0.2) is 35.5 Å². The van der Waals surface area contributed by atoms with E-state index in [1.807, 2.05) is 72.8 Å². The Labute approximate surface area is 189 Å². The van der Waals surface area contributed by atoms with E-state index in [2.05, 4.69) is 6.07 Å². The van der Waals surface area contributed by atoms with Crippen molar-refractivity contribution in [2.45, 2.75) is 0 Å². The van der Waals surface area contributed by atoms with E-state index in [1.54, 1.807) is 35.5 Å². The first-order chi connectivity index (χ1) is 15.6. The second-order valence-corrected chi connectivity index (χ2v) is 6.94. The van der Waals surface area contributed by atoms with Gasteiger partial charge in [0.05, 0.1) is 35.5 Å². The summed E-state index contributed by atoms with van der Waals surface area (Å²) >= 11 is 0. The molecule has 0 saturated carbocycles. The van der Waals surface area contributed by atoms with Crippen LogP contribution in [0.2, 0.25) is 0 Å². The highest BCUT2D eigenvalue weighted by Gasteiger charge is 2.04. The number of ether oxygens (including phenoxy) is 5. The normalized spacial score (nSPS) is 11.0. The minimum Gasteiger partial charge on any atom is -0.497 e. The highest BCUT2D eigenvalue weighted by Crippen LogP contribution is 2.30. The van der Waals surface area contributed by atoms with Crippen molar-refractivity contribution in [1.82, 2.24) is 0 Å². The molecule has 0 amide bonds. The van der Waals surface area contributed by atoms with Crippen LogP contribution >= 0.6 is 0 Å². The van der Waals surface area contributed by atoms with Gasteiger partial charge in [0.1, 0.15) is 5.75 Å². The number of benzene rings is 3. The first-order valence-electron chi connectivity index (χ1n) is 10.1. The molecule has 0 bridgehead atoms. The van der Waals surface area contributed by atoms with Gasteiger partial charge in [-0.25, -0.2) is 0 Å². The van der Waals surface area contributed by atoms with Gasteiger partial charge in [-0.15, -0.1) is 0 Å². The third kappa shape index (κ3) is 5.64. The molecule has 0 aliphatic rings. The summed E-state index contributed by atoms with van der Waals surface area (Å²) in [6, 6.07) is 17.7. The largest absolute Gasteiger partial charge is 0.497 e. The second kappa shape index (κ2) is 11.0. The van der Waals surface area contributed by atoms with Gasteiger partial charge in [-0.2, -0.15) is 0 Å². The molecule has 166 valence electrons. The maximum absolute atomic E-state index is 5.49. The lowest BCUT2D eigenvalue weighted by molar-refractivity contribution is 0.355. The lowest BCUT2D eigenvalue weighted by Gasteiger charge is -2.08. The fourth-order valence-electron chi connectivity index (χ4n) is 3.25. The maximum atomic E-state index is 5.49. The summed E-state index contributed by atoms with van der Waals surface area (Å²) < 4.78 is 26.9. The predicted molar refractivity (Wildman–Crippen MR) is 130 cm³/mol. The van der Waals surface area contributed by atoms with Crippen LogP contribution in [-0.2, 0) is 0 Å². The average molecular weight is 433 g/mol. The van der Waals surface area contributed by atoms with E-state index in [-0.39, 0.29) is 0 Å². The highest BCUT2D eigenvalue weighted by atomic mass is 16.5. The van der Waals surface area contributed by atoms with Gasteiger partial charge in [-0.1, -0.05) is 36.4 Å². The van der Waals surface area contributed by atoms with Crippen LogP contribution in [0.4, 0.5) is 0 Å². The van der Waals surface area contributed by atoms with E-state index >= 15 is 0 Å². The van der Waals surface area contributed by atoms with E-state index in [0.29, 0.717) is 23.0 Å². The molecule has 0 spiro atoms. The number of rotatable bonds is 9. The highest BCUT2D eigenvalue weighted by molar-refractivity contribution is 5.76. The molecule has 32 heavy (non-hydrogen) atoms. The zero-order chi connectivity index (χ0) is 22.9. The lowest BCUT2D eigenvalue weighted by atomic mass is 10.1. The molecule has 0 aromatic heterocycles. The quantitative estimate of drug-likeness (QED) is 0.384. The fourth-order valence-corrected chi connectivity index (χ4v) is 3.25. The molecule has 0 unspecified atom stereocenters. The van der Waals surface area contributed by atoms with Gasteiger partial charge in [0.25, 0.3) is 0 Å². The molecular weight excluding hydrogens is 404 g/mol. The van der Waals surface area contributed by atoms with Crippen LogP contribution in [0.15, 0.2) is 54.6 Å². The number of hydrogen-bond donors (Lipinski definition) is 0. The van der Waals surface area contributed by atoms with Crippen LogP contribution in [0, 0.1) is 0 Å². The van der Waals surface area contributed by atoms with Gasteiger partial charge < -0.3 is 23.7 Å². The van der Waals surface area contributed by atoms with Gasteiger partial charge >= 0.3 is 0 Å². The summed E-state index contributed by atoms with van der Waals surface area (Å²) in [4.78, 5) is 0. The van der Waals surface area contributed by atoms with E-state index in [4.69, 9.17) is 23.7 Å². The minimum atomic E-state index is 0.693. The van der Waals surface area contributed by atoms with E-state index in [1.165, 1.54) is 0 Å². The average Bonchev–Trinajstić information content (AvgIpc) is 2.85. The van der Waals surface area contributed by atoms with Crippen molar-refractivity contribution in [3.8, 4) is 28.7 Å². The molecule has 0 atom stereocenters. The smallest absolute Gasteiger partial charge is 0.161 e. The standard InChI is InChI=1S/C27H28O5/c1-28-23-15-21(8-6-19-10-12-24(29-2)26(17-19)31-4)14-22(16-23)9-7-20-11-13-25(30-3)27(18-20)32-5/h6-18H,1-5H3. The van der Waals surface area contributed by atoms with Crippen molar-refractivity contribution in [2.24, 2.45) is 0 Å². The molecule has 0 fully saturated rings. The van der Waals surface area contributed by atoms with Crippen molar-refractivity contribution < 1.29 is 23.7 Å². The molecule has 0 heterocycles. The Hall–Kier alpha value is -3.86. The van der Waals surface area contributed by atoms with Crippen LogP contribution < -0.4 is 23.7 Å². The van der Waals surface area contributed by atoms with Gasteiger partial charge in [0, 0.05) is 0 Å². The molecule has 0 aliphatic heterocycles. The van der Waals surface area contributed by atoms with Crippen molar-refractivity contribution >= 4 is 24.3 Å². The molecule has 0 radical (unpaired) electrons. The molecule has 0 saturated heterocycles. The summed E-state index contributed by atoms with van der Waals surface area (Å²) in [6.45, 7) is 0. The third-order valence-electron chi connectivity index (χ3n) is 4.94. The van der Waals surface area contributed by atoms with Crippen LogP contribution in [0.1, 0.15) is 22.3 Å². The Kier molecular flexibility index (Phi) is 7.81. The fraction of sp³-hybridized carbons (Fsp3) is 0.185. The summed E-state index contributed by atoms with van der Waals surface area (Å²) in [5.74, 6) is 3.58. The molecular formula is C27H28O5. The van der Waals surface area contributed by atoms with Crippen LogP contribution in [0.3, 0.4) is 0 Å². The van der Waals surface area contributed by atoms with Gasteiger partial charge in [0.2, 0.25) is 0 Å². The molecule has 5 heteroatoms.